The van der Waals surface area contributed by atoms with Crippen LogP contribution in [0.5, 0.6) is 0 Å². The molecule has 0 spiro atoms. The molecule has 0 radical (unpaired) electrons. The van der Waals surface area contributed by atoms with E-state index in [2.05, 4.69) is 15.0 Å². The molecule has 1 saturated heterocycles. The number of benzene rings is 1. The molecule has 1 aliphatic rings. The Balaban J connectivity index is 1.58. The SMILES string of the molecule is Cc1nc(N2CCN(S(=O)(=O)c3cc([N+](=O)[O-])c(C)c([N+](=O)[O-])c3)CC2)cc(-n2ccnc2)n1. The zero-order valence-electron chi connectivity index (χ0n) is 18.2. The molecular weight excluding hydrogens is 468 g/mol. The molecule has 3 heterocycles. The van der Waals surface area contributed by atoms with Gasteiger partial charge in [0.05, 0.1) is 14.7 Å². The van der Waals surface area contributed by atoms with Crippen LogP contribution in [0.25, 0.3) is 5.82 Å². The van der Waals surface area contributed by atoms with Crippen molar-refractivity contribution in [2.75, 3.05) is 31.1 Å². The normalized spacial score (nSPS) is 14.8. The Labute approximate surface area is 193 Å². The first-order chi connectivity index (χ1) is 16.1. The van der Waals surface area contributed by atoms with Crippen molar-refractivity contribution in [3.8, 4) is 5.82 Å². The van der Waals surface area contributed by atoms with Gasteiger partial charge in [0.25, 0.3) is 11.4 Å². The lowest BCUT2D eigenvalue weighted by molar-refractivity contribution is -0.395. The monoisotopic (exact) mass is 488 g/mol. The number of anilines is 1. The summed E-state index contributed by atoms with van der Waals surface area (Å²) in [6.07, 6.45) is 4.98. The quantitative estimate of drug-likeness (QED) is 0.367. The number of rotatable bonds is 6. The van der Waals surface area contributed by atoms with Gasteiger partial charge in [0.15, 0.2) is 0 Å². The van der Waals surface area contributed by atoms with Gasteiger partial charge in [0, 0.05) is 56.8 Å². The van der Waals surface area contributed by atoms with Gasteiger partial charge < -0.3 is 4.90 Å². The van der Waals surface area contributed by atoms with Gasteiger partial charge in [-0.3, -0.25) is 24.8 Å². The standard InChI is InChI=1S/C19H20N8O6S/c1-13-16(26(28)29)9-15(10-17(13)27(30)31)34(32,33)25-7-5-23(6-8-25)18-11-19(22-14(2)21-18)24-4-3-20-12-24/h3-4,9-12H,5-8H2,1-2H3. The third kappa shape index (κ3) is 4.29. The van der Waals surface area contributed by atoms with Crippen LogP contribution in [0.4, 0.5) is 17.2 Å². The van der Waals surface area contributed by atoms with Gasteiger partial charge in [-0.25, -0.2) is 23.4 Å². The Morgan fingerprint density at radius 2 is 1.50 bits per heavy atom. The van der Waals surface area contributed by atoms with Crippen molar-refractivity contribution in [2.45, 2.75) is 18.7 Å². The largest absolute Gasteiger partial charge is 0.354 e. The topological polar surface area (TPSA) is 170 Å². The van der Waals surface area contributed by atoms with Gasteiger partial charge in [-0.15, -0.1) is 0 Å². The minimum Gasteiger partial charge on any atom is -0.354 e. The van der Waals surface area contributed by atoms with E-state index in [1.807, 2.05) is 4.90 Å². The summed E-state index contributed by atoms with van der Waals surface area (Å²) in [6, 6.07) is 3.51. The van der Waals surface area contributed by atoms with E-state index < -0.39 is 36.1 Å². The van der Waals surface area contributed by atoms with Crippen LogP contribution in [-0.4, -0.2) is 68.3 Å². The third-order valence-corrected chi connectivity index (χ3v) is 7.38. The van der Waals surface area contributed by atoms with E-state index in [1.165, 1.54) is 6.92 Å². The zero-order chi connectivity index (χ0) is 24.6. The van der Waals surface area contributed by atoms with E-state index in [-0.39, 0.29) is 18.7 Å². The molecule has 178 valence electrons. The molecule has 0 unspecified atom stereocenters. The molecule has 3 aromatic rings. The summed E-state index contributed by atoms with van der Waals surface area (Å²) >= 11 is 0. The first-order valence-corrected chi connectivity index (χ1v) is 11.5. The molecule has 0 amide bonds. The van der Waals surface area contributed by atoms with Gasteiger partial charge in [-0.2, -0.15) is 4.31 Å². The van der Waals surface area contributed by atoms with E-state index in [4.69, 9.17) is 0 Å². The van der Waals surface area contributed by atoms with Crippen molar-refractivity contribution in [3.63, 3.8) is 0 Å². The molecule has 0 N–H and O–H groups in total. The summed E-state index contributed by atoms with van der Waals surface area (Å²) in [7, 11) is -4.20. The maximum Gasteiger partial charge on any atom is 0.280 e. The number of hydrogen-bond donors (Lipinski definition) is 0. The number of hydrogen-bond acceptors (Lipinski definition) is 10. The van der Waals surface area contributed by atoms with E-state index >= 15 is 0 Å². The highest BCUT2D eigenvalue weighted by Crippen LogP contribution is 2.33. The molecule has 1 fully saturated rings. The van der Waals surface area contributed by atoms with Crippen LogP contribution in [-0.2, 0) is 10.0 Å². The van der Waals surface area contributed by atoms with Crippen LogP contribution in [0.1, 0.15) is 11.4 Å². The number of imidazole rings is 1. The lowest BCUT2D eigenvalue weighted by Crippen LogP contribution is -2.49. The first-order valence-electron chi connectivity index (χ1n) is 10.1. The fourth-order valence-electron chi connectivity index (χ4n) is 3.72. The predicted octanol–water partition coefficient (Wildman–Crippen LogP) is 1.61. The third-order valence-electron chi connectivity index (χ3n) is 5.50. The van der Waals surface area contributed by atoms with Crippen molar-refractivity contribution in [1.82, 2.24) is 23.8 Å². The van der Waals surface area contributed by atoms with E-state index in [0.717, 1.165) is 16.4 Å². The summed E-state index contributed by atoms with van der Waals surface area (Å²) in [4.78, 5) is 35.3. The van der Waals surface area contributed by atoms with Gasteiger partial charge in [0.1, 0.15) is 29.4 Å². The maximum absolute atomic E-state index is 13.2. The number of nitrogens with zero attached hydrogens (tertiary/aromatic N) is 8. The Hall–Kier alpha value is -3.98. The summed E-state index contributed by atoms with van der Waals surface area (Å²) in [6.45, 7) is 3.71. The molecule has 1 aliphatic heterocycles. The summed E-state index contributed by atoms with van der Waals surface area (Å²) in [5.74, 6) is 1.78. The molecule has 2 aromatic heterocycles. The number of aryl methyl sites for hydroxylation is 1. The number of nitro groups is 2. The van der Waals surface area contributed by atoms with Crippen molar-refractivity contribution in [1.29, 1.82) is 0 Å². The van der Waals surface area contributed by atoms with Crippen LogP contribution in [0, 0.1) is 34.1 Å². The minimum atomic E-state index is -4.20. The maximum atomic E-state index is 13.2. The first kappa shape index (κ1) is 23.2. The Morgan fingerprint density at radius 3 is 2.03 bits per heavy atom. The van der Waals surface area contributed by atoms with Crippen LogP contribution in [0.3, 0.4) is 0 Å². The van der Waals surface area contributed by atoms with Gasteiger partial charge in [-0.1, -0.05) is 0 Å². The lowest BCUT2D eigenvalue weighted by Gasteiger charge is -2.34. The van der Waals surface area contributed by atoms with Crippen molar-refractivity contribution < 1.29 is 18.3 Å². The molecule has 34 heavy (non-hydrogen) atoms. The second-order valence-corrected chi connectivity index (χ2v) is 9.53. The van der Waals surface area contributed by atoms with Crippen molar-refractivity contribution in [3.05, 3.63) is 68.5 Å². The Morgan fingerprint density at radius 1 is 0.912 bits per heavy atom. The molecule has 1 aromatic carbocycles. The average Bonchev–Trinajstić information content (AvgIpc) is 3.33. The zero-order valence-corrected chi connectivity index (χ0v) is 19.0. The van der Waals surface area contributed by atoms with Crippen LogP contribution in [0.15, 0.2) is 41.8 Å². The molecule has 0 bridgehead atoms. The number of nitro benzene ring substituents is 2. The minimum absolute atomic E-state index is 0.0707. The van der Waals surface area contributed by atoms with Crippen molar-refractivity contribution >= 4 is 27.2 Å². The van der Waals surface area contributed by atoms with Crippen molar-refractivity contribution in [2.24, 2.45) is 0 Å². The van der Waals surface area contributed by atoms with Crippen LogP contribution < -0.4 is 4.90 Å². The fraction of sp³-hybridized carbons (Fsp3) is 0.316. The summed E-state index contributed by atoms with van der Waals surface area (Å²) in [5, 5.41) is 22.7. The summed E-state index contributed by atoms with van der Waals surface area (Å²) < 4.78 is 29.3. The molecule has 0 atom stereocenters. The molecule has 4 rings (SSSR count). The smallest absolute Gasteiger partial charge is 0.280 e. The Kier molecular flexibility index (Phi) is 5.97. The predicted molar refractivity (Wildman–Crippen MR) is 119 cm³/mol. The van der Waals surface area contributed by atoms with Gasteiger partial charge >= 0.3 is 0 Å². The lowest BCUT2D eigenvalue weighted by atomic mass is 10.1. The highest BCUT2D eigenvalue weighted by molar-refractivity contribution is 7.89. The van der Waals surface area contributed by atoms with E-state index in [9.17, 15) is 28.6 Å². The average molecular weight is 488 g/mol. The highest BCUT2D eigenvalue weighted by Gasteiger charge is 2.33. The highest BCUT2D eigenvalue weighted by atomic mass is 32.2. The Bertz CT molecular complexity index is 1330. The van der Waals surface area contributed by atoms with Crippen LogP contribution in [0.2, 0.25) is 0 Å². The van der Waals surface area contributed by atoms with Crippen LogP contribution >= 0.6 is 0 Å². The molecular formula is C19H20N8O6S. The molecule has 15 heteroatoms. The van der Waals surface area contributed by atoms with Gasteiger partial charge in [-0.05, 0) is 13.8 Å². The fourth-order valence-corrected chi connectivity index (χ4v) is 5.18. The van der Waals surface area contributed by atoms with Gasteiger partial charge in [0.2, 0.25) is 10.0 Å². The number of piperazine rings is 1. The van der Waals surface area contributed by atoms with E-state index in [1.54, 1.807) is 36.3 Å². The molecule has 0 aliphatic carbocycles. The second-order valence-electron chi connectivity index (χ2n) is 7.59. The second kappa shape index (κ2) is 8.75. The summed E-state index contributed by atoms with van der Waals surface area (Å²) in [5.41, 5.74) is -1.43. The molecule has 0 saturated carbocycles. The van der Waals surface area contributed by atoms with E-state index in [0.29, 0.717) is 30.5 Å². The number of sulfonamides is 1. The number of aromatic nitrogens is 4. The molecule has 14 nitrogen and oxygen atoms in total.